The molecule has 2 aromatic carbocycles. The van der Waals surface area contributed by atoms with Gasteiger partial charge in [-0.05, 0) is 54.5 Å². The second-order valence-electron chi connectivity index (χ2n) is 6.56. The van der Waals surface area contributed by atoms with Crippen LogP contribution in [0.3, 0.4) is 0 Å². The zero-order chi connectivity index (χ0) is 20.8. The average molecular weight is 432 g/mol. The van der Waals surface area contributed by atoms with E-state index in [0.29, 0.717) is 48.1 Å². The Morgan fingerprint density at radius 3 is 2.41 bits per heavy atom. The third-order valence-electron chi connectivity index (χ3n) is 4.61. The van der Waals surface area contributed by atoms with Crippen molar-refractivity contribution in [3.63, 3.8) is 0 Å². The summed E-state index contributed by atoms with van der Waals surface area (Å²) in [5.41, 5.74) is 2.60. The molecule has 1 aliphatic heterocycles. The zero-order valence-electron chi connectivity index (χ0n) is 16.0. The van der Waals surface area contributed by atoms with Crippen LogP contribution >= 0.6 is 23.8 Å². The van der Waals surface area contributed by atoms with Crippen molar-refractivity contribution < 1.29 is 14.3 Å². The van der Waals surface area contributed by atoms with Crippen LogP contribution in [-0.2, 0) is 11.2 Å². The summed E-state index contributed by atoms with van der Waals surface area (Å²) in [6.45, 7) is 4.21. The number of thiocarbonyl (C=S) groups is 1. The summed E-state index contributed by atoms with van der Waals surface area (Å²) in [6, 6.07) is 12.3. The topological polar surface area (TPSA) is 70.7 Å². The number of amides is 2. The Morgan fingerprint density at radius 1 is 1.10 bits per heavy atom. The molecule has 0 bridgehead atoms. The summed E-state index contributed by atoms with van der Waals surface area (Å²) >= 11 is 11.5. The van der Waals surface area contributed by atoms with Gasteiger partial charge < -0.3 is 15.0 Å². The summed E-state index contributed by atoms with van der Waals surface area (Å²) in [5, 5.41) is 6.04. The van der Waals surface area contributed by atoms with E-state index in [1.165, 1.54) is 0 Å². The van der Waals surface area contributed by atoms with Gasteiger partial charge in [-0.15, -0.1) is 0 Å². The number of anilines is 1. The van der Waals surface area contributed by atoms with Gasteiger partial charge in [0, 0.05) is 24.2 Å². The maximum absolute atomic E-state index is 12.7. The summed E-state index contributed by atoms with van der Waals surface area (Å²) in [4.78, 5) is 26.8. The van der Waals surface area contributed by atoms with Gasteiger partial charge in [-0.1, -0.05) is 30.7 Å². The Bertz CT molecular complexity index is 912. The lowest BCUT2D eigenvalue weighted by atomic mass is 10.1. The molecule has 6 nitrogen and oxygen atoms in total. The van der Waals surface area contributed by atoms with Crippen molar-refractivity contribution in [2.24, 2.45) is 0 Å². The van der Waals surface area contributed by atoms with E-state index in [1.807, 2.05) is 12.1 Å². The van der Waals surface area contributed by atoms with E-state index >= 15 is 0 Å². The smallest absolute Gasteiger partial charge is 0.257 e. The van der Waals surface area contributed by atoms with Crippen molar-refractivity contribution in [2.45, 2.75) is 13.3 Å². The largest absolute Gasteiger partial charge is 0.378 e. The number of ether oxygens (including phenoxy) is 1. The number of halogens is 1. The molecule has 0 spiro atoms. The number of hydrogen-bond acceptors (Lipinski definition) is 4. The molecule has 0 unspecified atom stereocenters. The predicted molar refractivity (Wildman–Crippen MR) is 118 cm³/mol. The molecule has 1 fully saturated rings. The first-order valence-electron chi connectivity index (χ1n) is 9.35. The number of carbonyl (C=O) groups excluding carboxylic acids is 2. The van der Waals surface area contributed by atoms with Crippen LogP contribution in [-0.4, -0.2) is 48.1 Å². The monoisotopic (exact) mass is 431 g/mol. The Kier molecular flexibility index (Phi) is 7.19. The Morgan fingerprint density at radius 2 is 1.76 bits per heavy atom. The van der Waals surface area contributed by atoms with Gasteiger partial charge in [0.25, 0.3) is 11.8 Å². The summed E-state index contributed by atoms with van der Waals surface area (Å²) in [5.74, 6) is -0.416. The lowest BCUT2D eigenvalue weighted by Crippen LogP contribution is -2.40. The Balaban J connectivity index is 1.66. The van der Waals surface area contributed by atoms with E-state index in [1.54, 1.807) is 35.2 Å². The number of nitrogens with zero attached hydrogens (tertiary/aromatic N) is 1. The number of nitrogens with one attached hydrogen (secondary N) is 2. The predicted octanol–water partition coefficient (Wildman–Crippen LogP) is 3.50. The van der Waals surface area contributed by atoms with Crippen LogP contribution < -0.4 is 10.6 Å². The van der Waals surface area contributed by atoms with E-state index in [-0.39, 0.29) is 16.9 Å². The number of aryl methyl sites for hydroxylation is 1. The maximum Gasteiger partial charge on any atom is 0.257 e. The SMILES string of the molecule is CCc1ccc(C(=O)NC(=S)Nc2cc(C(=O)N3CCOCC3)ccc2Cl)cc1. The fourth-order valence-electron chi connectivity index (χ4n) is 2.92. The van der Waals surface area contributed by atoms with Crippen LogP contribution in [0.15, 0.2) is 42.5 Å². The minimum absolute atomic E-state index is 0.0982. The second kappa shape index (κ2) is 9.82. The van der Waals surface area contributed by atoms with Crippen molar-refractivity contribution in [1.29, 1.82) is 0 Å². The molecule has 0 saturated carbocycles. The Labute approximate surface area is 180 Å². The fourth-order valence-corrected chi connectivity index (χ4v) is 3.29. The molecule has 1 heterocycles. The first-order valence-corrected chi connectivity index (χ1v) is 10.1. The molecular weight excluding hydrogens is 410 g/mol. The van der Waals surface area contributed by atoms with Crippen molar-refractivity contribution in [3.05, 3.63) is 64.2 Å². The van der Waals surface area contributed by atoms with Crippen LogP contribution in [0.1, 0.15) is 33.2 Å². The van der Waals surface area contributed by atoms with Crippen molar-refractivity contribution in [2.75, 3.05) is 31.6 Å². The highest BCUT2D eigenvalue weighted by Gasteiger charge is 2.19. The Hall–Kier alpha value is -2.48. The van der Waals surface area contributed by atoms with Gasteiger partial charge in [0.1, 0.15) is 0 Å². The first kappa shape index (κ1) is 21.2. The van der Waals surface area contributed by atoms with Crippen LogP contribution in [0, 0.1) is 0 Å². The normalized spacial score (nSPS) is 13.7. The van der Waals surface area contributed by atoms with E-state index < -0.39 is 0 Å². The minimum Gasteiger partial charge on any atom is -0.378 e. The summed E-state index contributed by atoms with van der Waals surface area (Å²) < 4.78 is 5.28. The fraction of sp³-hybridized carbons (Fsp3) is 0.286. The van der Waals surface area contributed by atoms with Crippen LogP contribution in [0.4, 0.5) is 5.69 Å². The summed E-state index contributed by atoms with van der Waals surface area (Å²) in [6.07, 6.45) is 0.903. The lowest BCUT2D eigenvalue weighted by Gasteiger charge is -2.27. The molecule has 1 saturated heterocycles. The third kappa shape index (κ3) is 5.53. The molecule has 0 aliphatic carbocycles. The van der Waals surface area contributed by atoms with Gasteiger partial charge in [0.2, 0.25) is 0 Å². The van der Waals surface area contributed by atoms with Crippen molar-refractivity contribution in [1.82, 2.24) is 10.2 Å². The number of morpholine rings is 1. The molecule has 3 rings (SSSR count). The molecule has 1 aliphatic rings. The first-order chi connectivity index (χ1) is 14.0. The molecular formula is C21H22ClN3O3S. The highest BCUT2D eigenvalue weighted by atomic mass is 35.5. The highest BCUT2D eigenvalue weighted by molar-refractivity contribution is 7.80. The molecule has 8 heteroatoms. The van der Waals surface area contributed by atoms with Gasteiger partial charge in [0.15, 0.2) is 5.11 Å². The van der Waals surface area contributed by atoms with Gasteiger partial charge in [-0.3, -0.25) is 14.9 Å². The molecule has 0 aromatic heterocycles. The molecule has 0 radical (unpaired) electrons. The van der Waals surface area contributed by atoms with E-state index in [9.17, 15) is 9.59 Å². The number of hydrogen-bond donors (Lipinski definition) is 2. The minimum atomic E-state index is -0.318. The maximum atomic E-state index is 12.7. The number of rotatable bonds is 4. The second-order valence-corrected chi connectivity index (χ2v) is 7.37. The highest BCUT2D eigenvalue weighted by Crippen LogP contribution is 2.24. The van der Waals surface area contributed by atoms with E-state index in [2.05, 4.69) is 17.6 Å². The number of carbonyl (C=O) groups is 2. The quantitative estimate of drug-likeness (QED) is 0.725. The molecule has 29 heavy (non-hydrogen) atoms. The van der Waals surface area contributed by atoms with Crippen molar-refractivity contribution in [3.8, 4) is 0 Å². The standard InChI is InChI=1S/C21H22ClN3O3S/c1-2-14-3-5-15(6-4-14)19(26)24-21(29)23-18-13-16(7-8-17(18)22)20(27)25-9-11-28-12-10-25/h3-8,13H,2,9-12H2,1H3,(H2,23,24,26,29). The van der Waals surface area contributed by atoms with Gasteiger partial charge >= 0.3 is 0 Å². The zero-order valence-corrected chi connectivity index (χ0v) is 17.6. The van der Waals surface area contributed by atoms with Gasteiger partial charge in [-0.25, -0.2) is 0 Å². The molecule has 152 valence electrons. The summed E-state index contributed by atoms with van der Waals surface area (Å²) in [7, 11) is 0. The van der Waals surface area contributed by atoms with Crippen LogP contribution in [0.5, 0.6) is 0 Å². The van der Waals surface area contributed by atoms with Crippen molar-refractivity contribution >= 4 is 46.4 Å². The molecule has 2 N–H and O–H groups in total. The van der Waals surface area contributed by atoms with Gasteiger partial charge in [0.05, 0.1) is 23.9 Å². The molecule has 2 amide bonds. The van der Waals surface area contributed by atoms with Crippen LogP contribution in [0.25, 0.3) is 0 Å². The molecule has 2 aromatic rings. The third-order valence-corrected chi connectivity index (χ3v) is 5.14. The average Bonchev–Trinajstić information content (AvgIpc) is 2.75. The lowest BCUT2D eigenvalue weighted by molar-refractivity contribution is 0.0303. The van der Waals surface area contributed by atoms with Gasteiger partial charge in [-0.2, -0.15) is 0 Å². The van der Waals surface area contributed by atoms with E-state index in [0.717, 1.165) is 12.0 Å². The number of benzene rings is 2. The van der Waals surface area contributed by atoms with Crippen LogP contribution in [0.2, 0.25) is 5.02 Å². The molecule has 0 atom stereocenters. The van der Waals surface area contributed by atoms with E-state index in [4.69, 9.17) is 28.6 Å².